The quantitative estimate of drug-likeness (QED) is 0.503. The van der Waals surface area contributed by atoms with Gasteiger partial charge in [0.2, 0.25) is 0 Å². The zero-order valence-electron chi connectivity index (χ0n) is 19.6. The Labute approximate surface area is 205 Å². The summed E-state index contributed by atoms with van der Waals surface area (Å²) in [5.74, 6) is 3.28. The Hall–Kier alpha value is -3.79. The Balaban J connectivity index is 1.20. The largest absolute Gasteiger partial charge is 0.481 e. The standard InChI is InChI=1S/C28H30N2O5/c31-26(30-17-20(27(32)33)16-19-8-1-2-9-19)14-7-15-29-28(34)35-18-25-23-12-5-3-10-21(23)22-11-4-6-13-24(22)25/h3-6,10-13,19-20,25H,1-2,8-9,15-18H2,(H,29,34)(H,30,31)(H,32,33). The van der Waals surface area contributed by atoms with Crippen LogP contribution in [0.25, 0.3) is 11.1 Å². The number of nitrogens with one attached hydrogen (secondary N) is 2. The van der Waals surface area contributed by atoms with E-state index >= 15 is 0 Å². The van der Waals surface area contributed by atoms with Gasteiger partial charge in [-0.1, -0.05) is 80.1 Å². The predicted molar refractivity (Wildman–Crippen MR) is 132 cm³/mol. The molecule has 0 radical (unpaired) electrons. The average molecular weight is 475 g/mol. The average Bonchev–Trinajstić information content (AvgIpc) is 3.49. The number of alkyl carbamates (subject to hydrolysis) is 1. The lowest BCUT2D eigenvalue weighted by atomic mass is 9.93. The molecule has 35 heavy (non-hydrogen) atoms. The van der Waals surface area contributed by atoms with Crippen molar-refractivity contribution in [2.24, 2.45) is 11.8 Å². The fourth-order valence-corrected chi connectivity index (χ4v) is 5.07. The first-order valence-electron chi connectivity index (χ1n) is 12.1. The van der Waals surface area contributed by atoms with Crippen LogP contribution in [0.2, 0.25) is 0 Å². The molecule has 182 valence electrons. The van der Waals surface area contributed by atoms with E-state index in [9.17, 15) is 19.5 Å². The van der Waals surface area contributed by atoms with E-state index in [1.807, 2.05) is 36.4 Å². The molecule has 2 aromatic carbocycles. The fraction of sp³-hybridized carbons (Fsp3) is 0.393. The van der Waals surface area contributed by atoms with Gasteiger partial charge in [0.1, 0.15) is 6.61 Å². The van der Waals surface area contributed by atoms with Crippen molar-refractivity contribution >= 4 is 18.0 Å². The lowest BCUT2D eigenvalue weighted by molar-refractivity contribution is -0.142. The molecular weight excluding hydrogens is 444 g/mol. The van der Waals surface area contributed by atoms with Crippen LogP contribution < -0.4 is 10.6 Å². The third kappa shape index (κ3) is 6.21. The van der Waals surface area contributed by atoms with Gasteiger partial charge >= 0.3 is 12.1 Å². The van der Waals surface area contributed by atoms with Crippen LogP contribution in [0.4, 0.5) is 4.79 Å². The minimum atomic E-state index is -0.901. The molecule has 1 fully saturated rings. The van der Waals surface area contributed by atoms with E-state index < -0.39 is 23.9 Å². The molecule has 0 bridgehead atoms. The summed E-state index contributed by atoms with van der Waals surface area (Å²) in [6, 6.07) is 16.2. The normalized spacial score (nSPS) is 15.3. The van der Waals surface area contributed by atoms with Crippen molar-refractivity contribution in [2.75, 3.05) is 19.7 Å². The zero-order chi connectivity index (χ0) is 24.6. The van der Waals surface area contributed by atoms with E-state index in [-0.39, 0.29) is 25.6 Å². The number of hydrogen-bond donors (Lipinski definition) is 3. The molecule has 0 spiro atoms. The fourth-order valence-electron chi connectivity index (χ4n) is 5.07. The molecule has 0 aliphatic heterocycles. The molecule has 2 amide bonds. The predicted octanol–water partition coefficient (Wildman–Crippen LogP) is 3.93. The lowest BCUT2D eigenvalue weighted by Gasteiger charge is -2.16. The number of benzene rings is 2. The van der Waals surface area contributed by atoms with Gasteiger partial charge < -0.3 is 20.5 Å². The minimum Gasteiger partial charge on any atom is -0.481 e. The van der Waals surface area contributed by atoms with Crippen LogP contribution in [0.3, 0.4) is 0 Å². The highest BCUT2D eigenvalue weighted by Crippen LogP contribution is 2.44. The van der Waals surface area contributed by atoms with Crippen molar-refractivity contribution in [1.29, 1.82) is 0 Å². The molecule has 1 unspecified atom stereocenters. The zero-order valence-corrected chi connectivity index (χ0v) is 19.6. The highest BCUT2D eigenvalue weighted by Gasteiger charge is 2.29. The third-order valence-electron chi connectivity index (χ3n) is 6.82. The summed E-state index contributed by atoms with van der Waals surface area (Å²) < 4.78 is 5.43. The number of carboxylic acids is 1. The number of carboxylic acid groups (broad SMARTS) is 1. The molecule has 4 rings (SSSR count). The SMILES string of the molecule is O=C(C#CCNC(=O)OCC1c2ccccc2-c2ccccc21)NCC(CC1CCCC1)C(=O)O. The van der Waals surface area contributed by atoms with Crippen LogP contribution in [0.1, 0.15) is 49.1 Å². The van der Waals surface area contributed by atoms with Gasteiger partial charge in [0.05, 0.1) is 12.5 Å². The second-order valence-electron chi connectivity index (χ2n) is 9.11. The minimum absolute atomic E-state index is 0.0311. The van der Waals surface area contributed by atoms with Gasteiger partial charge in [-0.15, -0.1) is 0 Å². The first-order valence-corrected chi connectivity index (χ1v) is 12.1. The second-order valence-corrected chi connectivity index (χ2v) is 9.11. The number of fused-ring (bicyclic) bond motifs is 3. The van der Waals surface area contributed by atoms with Crippen LogP contribution in [0.15, 0.2) is 48.5 Å². The summed E-state index contributed by atoms with van der Waals surface area (Å²) in [6.45, 7) is 0.207. The van der Waals surface area contributed by atoms with Gasteiger partial charge in [-0.05, 0) is 40.5 Å². The van der Waals surface area contributed by atoms with E-state index in [0.717, 1.165) is 47.9 Å². The van der Waals surface area contributed by atoms with E-state index in [2.05, 4.69) is 34.6 Å². The van der Waals surface area contributed by atoms with Crippen molar-refractivity contribution in [3.8, 4) is 23.0 Å². The molecule has 1 saturated carbocycles. The van der Waals surface area contributed by atoms with Crippen molar-refractivity contribution in [2.45, 2.75) is 38.0 Å². The van der Waals surface area contributed by atoms with Crippen molar-refractivity contribution in [3.63, 3.8) is 0 Å². The molecule has 0 aromatic heterocycles. The van der Waals surface area contributed by atoms with Gasteiger partial charge in [-0.25, -0.2) is 4.79 Å². The molecular formula is C28H30N2O5. The van der Waals surface area contributed by atoms with Gasteiger partial charge in [0, 0.05) is 12.5 Å². The summed E-state index contributed by atoms with van der Waals surface area (Å²) in [6.07, 6.45) is 4.37. The number of ether oxygens (including phenoxy) is 1. The second kappa shape index (κ2) is 11.6. The van der Waals surface area contributed by atoms with Crippen molar-refractivity contribution in [3.05, 3.63) is 59.7 Å². The van der Waals surface area contributed by atoms with Crippen molar-refractivity contribution < 1.29 is 24.2 Å². The summed E-state index contributed by atoms with van der Waals surface area (Å²) in [5.41, 5.74) is 4.57. The van der Waals surface area contributed by atoms with Crippen LogP contribution in [0, 0.1) is 23.7 Å². The van der Waals surface area contributed by atoms with Gasteiger partial charge in [0.15, 0.2) is 0 Å². The molecule has 7 nitrogen and oxygen atoms in total. The van der Waals surface area contributed by atoms with Gasteiger partial charge in [-0.3, -0.25) is 9.59 Å². The Bertz CT molecular complexity index is 1100. The van der Waals surface area contributed by atoms with Gasteiger partial charge in [-0.2, -0.15) is 0 Å². The van der Waals surface area contributed by atoms with Crippen LogP contribution >= 0.6 is 0 Å². The van der Waals surface area contributed by atoms with Crippen LogP contribution in [0.5, 0.6) is 0 Å². The van der Waals surface area contributed by atoms with Crippen LogP contribution in [-0.4, -0.2) is 42.8 Å². The van der Waals surface area contributed by atoms with Gasteiger partial charge in [0.25, 0.3) is 5.91 Å². The third-order valence-corrected chi connectivity index (χ3v) is 6.82. The summed E-state index contributed by atoms with van der Waals surface area (Å²) in [5, 5.41) is 14.5. The number of amides is 2. The summed E-state index contributed by atoms with van der Waals surface area (Å²) >= 11 is 0. The summed E-state index contributed by atoms with van der Waals surface area (Å²) in [7, 11) is 0. The van der Waals surface area contributed by atoms with E-state index in [4.69, 9.17) is 4.74 Å². The molecule has 0 heterocycles. The molecule has 0 saturated heterocycles. The molecule has 7 heteroatoms. The highest BCUT2D eigenvalue weighted by atomic mass is 16.5. The molecule has 2 aliphatic rings. The van der Waals surface area contributed by atoms with E-state index in [0.29, 0.717) is 12.3 Å². The first-order chi connectivity index (χ1) is 17.0. The topological polar surface area (TPSA) is 105 Å². The Kier molecular flexibility index (Phi) is 8.04. The molecule has 2 aromatic rings. The molecule has 1 atom stereocenters. The van der Waals surface area contributed by atoms with E-state index in [1.54, 1.807) is 0 Å². The highest BCUT2D eigenvalue weighted by molar-refractivity contribution is 5.93. The van der Waals surface area contributed by atoms with Crippen LogP contribution in [-0.2, 0) is 14.3 Å². The maximum absolute atomic E-state index is 12.2. The smallest absolute Gasteiger partial charge is 0.407 e. The maximum Gasteiger partial charge on any atom is 0.407 e. The number of rotatable bonds is 8. The first kappa shape index (κ1) is 24.3. The Morgan fingerprint density at radius 2 is 1.60 bits per heavy atom. The number of aliphatic carboxylic acids is 1. The number of carbonyl (C=O) groups is 3. The van der Waals surface area contributed by atoms with E-state index in [1.165, 1.54) is 0 Å². The maximum atomic E-state index is 12.2. The monoisotopic (exact) mass is 474 g/mol. The molecule has 2 aliphatic carbocycles. The molecule has 3 N–H and O–H groups in total. The number of hydrogen-bond acceptors (Lipinski definition) is 4. The lowest BCUT2D eigenvalue weighted by Crippen LogP contribution is -2.33. The van der Waals surface area contributed by atoms with Crippen molar-refractivity contribution in [1.82, 2.24) is 10.6 Å². The number of carbonyl (C=O) groups excluding carboxylic acids is 2. The Morgan fingerprint density at radius 3 is 2.23 bits per heavy atom. The Morgan fingerprint density at radius 1 is 0.971 bits per heavy atom. The summed E-state index contributed by atoms with van der Waals surface area (Å²) in [4.78, 5) is 35.6.